The lowest BCUT2D eigenvalue weighted by Crippen LogP contribution is -2.55. The Morgan fingerprint density at radius 2 is 1.80 bits per heavy atom. The number of halogens is 5. The van der Waals surface area contributed by atoms with Crippen LogP contribution >= 0.6 is 0 Å². The van der Waals surface area contributed by atoms with Crippen LogP contribution < -0.4 is 0 Å². The van der Waals surface area contributed by atoms with E-state index in [9.17, 15) is 26.7 Å². The molecule has 0 radical (unpaired) electrons. The number of alkyl halides is 5. The molecular weight excluding hydrogens is 473 g/mol. The van der Waals surface area contributed by atoms with Gasteiger partial charge in [-0.1, -0.05) is 6.92 Å². The zero-order chi connectivity index (χ0) is 25.4. The average molecular weight is 495 g/mol. The van der Waals surface area contributed by atoms with Crippen LogP contribution in [0.2, 0.25) is 0 Å². The van der Waals surface area contributed by atoms with Gasteiger partial charge < -0.3 is 4.90 Å². The summed E-state index contributed by atoms with van der Waals surface area (Å²) in [6, 6.07) is -0.616. The van der Waals surface area contributed by atoms with Crippen LogP contribution in [0.25, 0.3) is 11.1 Å². The molecule has 0 bridgehead atoms. The molecule has 8 nitrogen and oxygen atoms in total. The number of aromatic nitrogens is 6. The molecule has 13 heteroatoms. The van der Waals surface area contributed by atoms with Crippen molar-refractivity contribution in [3.63, 3.8) is 0 Å². The van der Waals surface area contributed by atoms with E-state index < -0.39 is 48.5 Å². The summed E-state index contributed by atoms with van der Waals surface area (Å²) >= 11 is 0. The van der Waals surface area contributed by atoms with Gasteiger partial charge >= 0.3 is 6.18 Å². The van der Waals surface area contributed by atoms with Crippen molar-refractivity contribution in [1.29, 1.82) is 0 Å². The maximum absolute atomic E-state index is 14.5. The number of hydrogen-bond donors (Lipinski definition) is 0. The Hall–Kier alpha value is -3.51. The van der Waals surface area contributed by atoms with Gasteiger partial charge in [-0.05, 0) is 12.3 Å². The Bertz CT molecular complexity index is 1180. The first-order valence-electron chi connectivity index (χ1n) is 10.8. The van der Waals surface area contributed by atoms with Gasteiger partial charge in [-0.2, -0.15) is 18.3 Å². The average Bonchev–Trinajstić information content (AvgIpc) is 3.19. The van der Waals surface area contributed by atoms with E-state index in [1.165, 1.54) is 23.4 Å². The number of likely N-dealkylation sites (tertiary alicyclic amines) is 1. The zero-order valence-electron chi connectivity index (χ0n) is 18.9. The lowest BCUT2D eigenvalue weighted by atomic mass is 9.85. The van der Waals surface area contributed by atoms with E-state index in [4.69, 9.17) is 0 Å². The van der Waals surface area contributed by atoms with Crippen molar-refractivity contribution in [2.75, 3.05) is 6.54 Å². The third-order valence-corrected chi connectivity index (χ3v) is 5.94. The summed E-state index contributed by atoms with van der Waals surface area (Å²) in [4.78, 5) is 30.0. The molecule has 4 heterocycles. The van der Waals surface area contributed by atoms with Crippen LogP contribution in [0.5, 0.6) is 0 Å². The largest absolute Gasteiger partial charge is 0.419 e. The van der Waals surface area contributed by atoms with Crippen molar-refractivity contribution in [2.45, 2.75) is 44.3 Å². The number of carbonyl (C=O) groups is 1. The van der Waals surface area contributed by atoms with Crippen molar-refractivity contribution >= 4 is 5.91 Å². The molecule has 0 saturated carbocycles. The van der Waals surface area contributed by atoms with E-state index in [0.717, 1.165) is 4.90 Å². The minimum Gasteiger partial charge on any atom is -0.328 e. The van der Waals surface area contributed by atoms with E-state index in [2.05, 4.69) is 25.0 Å². The van der Waals surface area contributed by atoms with Crippen molar-refractivity contribution in [1.82, 2.24) is 34.6 Å². The Balaban J connectivity index is 1.60. The first-order valence-corrected chi connectivity index (χ1v) is 10.8. The van der Waals surface area contributed by atoms with E-state index in [0.29, 0.717) is 23.5 Å². The number of rotatable bonds is 5. The quantitative estimate of drug-likeness (QED) is 0.501. The van der Waals surface area contributed by atoms with Crippen molar-refractivity contribution < 1.29 is 26.7 Å². The predicted molar refractivity (Wildman–Crippen MR) is 113 cm³/mol. The van der Waals surface area contributed by atoms with Crippen LogP contribution in [0.1, 0.15) is 41.6 Å². The predicted octanol–water partition coefficient (Wildman–Crippen LogP) is 3.80. The molecule has 186 valence electrons. The molecule has 0 aromatic carbocycles. The van der Waals surface area contributed by atoms with E-state index in [-0.39, 0.29) is 24.4 Å². The molecule has 3 aromatic heterocycles. The molecule has 1 fully saturated rings. The standard InChI is InChI=1S/C22H22F5N7O/c1-13-5-21(23,24)11-34(17(13)3-4-18-30-8-15(9-31-18)22(25,26)27)20(35)19-16(10-33(2)32-19)14-6-28-12-29-7-14/h6-10,12-13,17H,3-5,11H2,1-2H3/t13-,17-/m1/s1. The summed E-state index contributed by atoms with van der Waals surface area (Å²) in [5, 5.41) is 4.21. The van der Waals surface area contributed by atoms with Gasteiger partial charge in [0.2, 0.25) is 0 Å². The van der Waals surface area contributed by atoms with Gasteiger partial charge in [0.05, 0.1) is 12.1 Å². The monoisotopic (exact) mass is 495 g/mol. The highest BCUT2D eigenvalue weighted by Gasteiger charge is 2.46. The Kier molecular flexibility index (Phi) is 6.52. The minimum absolute atomic E-state index is 0.0111. The molecule has 0 spiro atoms. The molecular formula is C22H22F5N7O. The number of piperidine rings is 1. The van der Waals surface area contributed by atoms with E-state index >= 15 is 0 Å². The second kappa shape index (κ2) is 9.27. The Labute approximate surface area is 197 Å². The molecule has 0 aliphatic carbocycles. The fourth-order valence-electron chi connectivity index (χ4n) is 4.35. The first-order chi connectivity index (χ1) is 16.4. The Morgan fingerprint density at radius 1 is 1.14 bits per heavy atom. The van der Waals surface area contributed by atoms with Crippen LogP contribution in [-0.2, 0) is 19.6 Å². The van der Waals surface area contributed by atoms with Gasteiger partial charge in [-0.25, -0.2) is 28.7 Å². The highest BCUT2D eigenvalue weighted by Crippen LogP contribution is 2.37. The molecule has 1 saturated heterocycles. The second-order valence-corrected chi connectivity index (χ2v) is 8.65. The fourth-order valence-corrected chi connectivity index (χ4v) is 4.35. The highest BCUT2D eigenvalue weighted by atomic mass is 19.4. The number of nitrogens with zero attached hydrogens (tertiary/aromatic N) is 7. The third kappa shape index (κ3) is 5.43. The molecule has 0 N–H and O–H groups in total. The molecule has 0 unspecified atom stereocenters. The first kappa shape index (κ1) is 24.6. The van der Waals surface area contributed by atoms with E-state index in [1.54, 1.807) is 20.2 Å². The summed E-state index contributed by atoms with van der Waals surface area (Å²) in [5.41, 5.74) is -0.0702. The molecule has 1 aliphatic rings. The zero-order valence-corrected chi connectivity index (χ0v) is 18.9. The van der Waals surface area contributed by atoms with Crippen LogP contribution in [0, 0.1) is 5.92 Å². The molecule has 1 aliphatic heterocycles. The maximum Gasteiger partial charge on any atom is 0.419 e. The summed E-state index contributed by atoms with van der Waals surface area (Å²) in [7, 11) is 1.61. The van der Waals surface area contributed by atoms with Gasteiger partial charge in [0.1, 0.15) is 12.2 Å². The van der Waals surface area contributed by atoms with Gasteiger partial charge in [0.25, 0.3) is 11.8 Å². The number of aryl methyl sites for hydroxylation is 2. The normalized spacial score (nSPS) is 20.1. The molecule has 35 heavy (non-hydrogen) atoms. The minimum atomic E-state index is -4.56. The molecule has 3 aromatic rings. The topological polar surface area (TPSA) is 89.7 Å². The van der Waals surface area contributed by atoms with Gasteiger partial charge in [-0.15, -0.1) is 0 Å². The number of hydrogen-bond acceptors (Lipinski definition) is 6. The SMILES string of the molecule is C[C@@H]1CC(F)(F)CN(C(=O)c2nn(C)cc2-c2cncnc2)[C@@H]1CCc1ncc(C(F)(F)F)cn1. The van der Waals surface area contributed by atoms with Crippen molar-refractivity contribution in [3.8, 4) is 11.1 Å². The summed E-state index contributed by atoms with van der Waals surface area (Å²) < 4.78 is 68.8. The fraction of sp³-hybridized carbons (Fsp3) is 0.455. The number of amides is 1. The van der Waals surface area contributed by atoms with Gasteiger partial charge in [0.15, 0.2) is 5.69 Å². The third-order valence-electron chi connectivity index (χ3n) is 5.94. The van der Waals surface area contributed by atoms with Crippen LogP contribution in [0.3, 0.4) is 0 Å². The van der Waals surface area contributed by atoms with Crippen molar-refractivity contribution in [3.05, 3.63) is 54.4 Å². The van der Waals surface area contributed by atoms with Crippen LogP contribution in [0.4, 0.5) is 22.0 Å². The highest BCUT2D eigenvalue weighted by molar-refractivity contribution is 5.99. The van der Waals surface area contributed by atoms with Crippen LogP contribution in [-0.4, -0.2) is 59.0 Å². The summed E-state index contributed by atoms with van der Waals surface area (Å²) in [6.45, 7) is 0.825. The summed E-state index contributed by atoms with van der Waals surface area (Å²) in [6.07, 6.45) is 2.61. The lowest BCUT2D eigenvalue weighted by Gasteiger charge is -2.43. The van der Waals surface area contributed by atoms with Crippen molar-refractivity contribution in [2.24, 2.45) is 13.0 Å². The lowest BCUT2D eigenvalue weighted by molar-refractivity contribution is -0.138. The van der Waals surface area contributed by atoms with Gasteiger partial charge in [-0.3, -0.25) is 9.48 Å². The molecule has 2 atom stereocenters. The number of carbonyl (C=O) groups excluding carboxylic acids is 1. The Morgan fingerprint density at radius 3 is 2.43 bits per heavy atom. The van der Waals surface area contributed by atoms with E-state index in [1.807, 2.05) is 0 Å². The second-order valence-electron chi connectivity index (χ2n) is 8.65. The molecule has 4 rings (SSSR count). The maximum atomic E-state index is 14.5. The van der Waals surface area contributed by atoms with Crippen LogP contribution in [0.15, 0.2) is 37.3 Å². The summed E-state index contributed by atoms with van der Waals surface area (Å²) in [5.74, 6) is -4.21. The van der Waals surface area contributed by atoms with Gasteiger partial charge in [0, 0.05) is 68.0 Å². The smallest absolute Gasteiger partial charge is 0.328 e. The molecule has 1 amide bonds.